The van der Waals surface area contributed by atoms with Gasteiger partial charge in [0.1, 0.15) is 5.82 Å². The number of nitrogens with zero attached hydrogens (tertiary/aromatic N) is 2. The monoisotopic (exact) mass is 283 g/mol. The number of carbonyl (C=O) groups is 1. The molecule has 1 aromatic heterocycles. The van der Waals surface area contributed by atoms with Gasteiger partial charge in [-0.25, -0.2) is 4.98 Å². The number of nitrogens with one attached hydrogen (secondary N) is 1. The Hall–Kier alpha value is -2.10. The number of imidazole rings is 1. The van der Waals surface area contributed by atoms with Crippen molar-refractivity contribution >= 4 is 5.91 Å². The molecule has 1 aliphatic heterocycles. The van der Waals surface area contributed by atoms with Gasteiger partial charge in [0.25, 0.3) is 0 Å². The van der Waals surface area contributed by atoms with Gasteiger partial charge in [-0.1, -0.05) is 29.8 Å². The predicted molar refractivity (Wildman–Crippen MR) is 81.9 cm³/mol. The van der Waals surface area contributed by atoms with E-state index in [0.717, 1.165) is 31.6 Å². The zero-order chi connectivity index (χ0) is 14.7. The first kappa shape index (κ1) is 13.9. The number of rotatable bonds is 4. The van der Waals surface area contributed by atoms with Gasteiger partial charge in [0.2, 0.25) is 5.91 Å². The van der Waals surface area contributed by atoms with Crippen LogP contribution >= 0.6 is 0 Å². The smallest absolute Gasteiger partial charge is 0.223 e. The van der Waals surface area contributed by atoms with Crippen molar-refractivity contribution in [1.82, 2.24) is 14.9 Å². The normalized spacial score (nSPS) is 17.3. The highest BCUT2D eigenvalue weighted by Crippen LogP contribution is 2.19. The van der Waals surface area contributed by atoms with Crippen LogP contribution in [0.2, 0.25) is 0 Å². The summed E-state index contributed by atoms with van der Waals surface area (Å²) in [6.07, 6.45) is 6.34. The molecule has 0 fully saturated rings. The van der Waals surface area contributed by atoms with Crippen molar-refractivity contribution in [3.8, 4) is 0 Å². The molecule has 2 aromatic rings. The van der Waals surface area contributed by atoms with Crippen molar-refractivity contribution in [3.63, 3.8) is 0 Å². The molecule has 4 nitrogen and oxygen atoms in total. The second-order valence-electron chi connectivity index (χ2n) is 5.75. The maximum absolute atomic E-state index is 12.2. The fourth-order valence-corrected chi connectivity index (χ4v) is 2.80. The summed E-state index contributed by atoms with van der Waals surface area (Å²) in [7, 11) is 0. The Labute approximate surface area is 125 Å². The van der Waals surface area contributed by atoms with Gasteiger partial charge in [-0.05, 0) is 25.3 Å². The Morgan fingerprint density at radius 2 is 2.19 bits per heavy atom. The van der Waals surface area contributed by atoms with E-state index < -0.39 is 0 Å². The molecule has 110 valence electrons. The summed E-state index contributed by atoms with van der Waals surface area (Å²) in [4.78, 5) is 16.5. The predicted octanol–water partition coefficient (Wildman–Crippen LogP) is 2.11. The van der Waals surface area contributed by atoms with Gasteiger partial charge in [0, 0.05) is 37.8 Å². The molecule has 21 heavy (non-hydrogen) atoms. The van der Waals surface area contributed by atoms with Crippen LogP contribution in [0.3, 0.4) is 0 Å². The summed E-state index contributed by atoms with van der Waals surface area (Å²) in [5, 5.41) is 3.06. The van der Waals surface area contributed by atoms with Crippen LogP contribution < -0.4 is 5.32 Å². The maximum Gasteiger partial charge on any atom is 0.223 e. The molecule has 0 bridgehead atoms. The van der Waals surface area contributed by atoms with Gasteiger partial charge in [-0.3, -0.25) is 4.79 Å². The fourth-order valence-electron chi connectivity index (χ4n) is 2.80. The Morgan fingerprint density at radius 1 is 1.38 bits per heavy atom. The molecule has 4 heteroatoms. The van der Waals surface area contributed by atoms with Crippen LogP contribution in [0.4, 0.5) is 0 Å². The van der Waals surface area contributed by atoms with E-state index in [1.807, 2.05) is 12.4 Å². The van der Waals surface area contributed by atoms with Gasteiger partial charge in [-0.2, -0.15) is 0 Å². The molecule has 0 radical (unpaired) electrons. The summed E-state index contributed by atoms with van der Waals surface area (Å²) in [6.45, 7) is 3.68. The molecule has 1 aliphatic rings. The first-order chi connectivity index (χ1) is 10.2. The number of fused-ring (bicyclic) bond motifs is 1. The molecule has 3 rings (SSSR count). The van der Waals surface area contributed by atoms with Crippen molar-refractivity contribution in [2.75, 3.05) is 6.54 Å². The van der Waals surface area contributed by atoms with Crippen LogP contribution in [0.15, 0.2) is 36.7 Å². The average molecular weight is 283 g/mol. The van der Waals surface area contributed by atoms with Crippen LogP contribution in [-0.2, 0) is 24.2 Å². The highest BCUT2D eigenvalue weighted by Gasteiger charge is 2.24. The third kappa shape index (κ3) is 3.32. The Morgan fingerprint density at radius 3 is 3.00 bits per heavy atom. The maximum atomic E-state index is 12.2. The Bertz CT molecular complexity index is 615. The van der Waals surface area contributed by atoms with Gasteiger partial charge >= 0.3 is 0 Å². The topological polar surface area (TPSA) is 46.9 Å². The lowest BCUT2D eigenvalue weighted by Crippen LogP contribution is -2.36. The van der Waals surface area contributed by atoms with Crippen LogP contribution in [-0.4, -0.2) is 22.0 Å². The molecule has 1 unspecified atom stereocenters. The van der Waals surface area contributed by atoms with E-state index in [0.29, 0.717) is 6.54 Å². The zero-order valence-electron chi connectivity index (χ0n) is 12.4. The number of benzene rings is 1. The van der Waals surface area contributed by atoms with Crippen molar-refractivity contribution in [3.05, 3.63) is 53.6 Å². The molecule has 0 saturated heterocycles. The molecule has 0 saturated carbocycles. The SMILES string of the molecule is Cc1ccc(CCNC(=O)C2CCn3ccnc3C2)cc1. The number of hydrogen-bond acceptors (Lipinski definition) is 2. The molecule has 0 spiro atoms. The molecule has 1 atom stereocenters. The lowest BCUT2D eigenvalue weighted by atomic mass is 9.97. The lowest BCUT2D eigenvalue weighted by molar-refractivity contribution is -0.125. The highest BCUT2D eigenvalue weighted by molar-refractivity contribution is 5.78. The molecule has 0 aliphatic carbocycles. The molecule has 2 heterocycles. The molecule has 1 amide bonds. The summed E-state index contributed by atoms with van der Waals surface area (Å²) >= 11 is 0. The Kier molecular flexibility index (Phi) is 4.04. The lowest BCUT2D eigenvalue weighted by Gasteiger charge is -2.22. The van der Waals surface area contributed by atoms with Gasteiger partial charge < -0.3 is 9.88 Å². The van der Waals surface area contributed by atoms with E-state index in [1.165, 1.54) is 11.1 Å². The van der Waals surface area contributed by atoms with Crippen LogP contribution in [0, 0.1) is 12.8 Å². The summed E-state index contributed by atoms with van der Waals surface area (Å²) in [6, 6.07) is 8.47. The van der Waals surface area contributed by atoms with Gasteiger partial charge in [-0.15, -0.1) is 0 Å². The van der Waals surface area contributed by atoms with Crippen molar-refractivity contribution in [2.45, 2.75) is 32.7 Å². The number of amides is 1. The van der Waals surface area contributed by atoms with Crippen molar-refractivity contribution < 1.29 is 4.79 Å². The molecule has 1 N–H and O–H groups in total. The fraction of sp³-hybridized carbons (Fsp3) is 0.412. The Balaban J connectivity index is 1.48. The number of aryl methyl sites for hydroxylation is 2. The third-order valence-electron chi connectivity index (χ3n) is 4.15. The molecular formula is C17H21N3O. The average Bonchev–Trinajstić information content (AvgIpc) is 2.96. The van der Waals surface area contributed by atoms with E-state index in [4.69, 9.17) is 0 Å². The number of carbonyl (C=O) groups excluding carboxylic acids is 1. The largest absolute Gasteiger partial charge is 0.356 e. The first-order valence-electron chi connectivity index (χ1n) is 7.55. The third-order valence-corrected chi connectivity index (χ3v) is 4.15. The second kappa shape index (κ2) is 6.12. The van der Waals surface area contributed by atoms with Gasteiger partial charge in [0.05, 0.1) is 0 Å². The van der Waals surface area contributed by atoms with Crippen LogP contribution in [0.5, 0.6) is 0 Å². The second-order valence-corrected chi connectivity index (χ2v) is 5.75. The highest BCUT2D eigenvalue weighted by atomic mass is 16.1. The van der Waals surface area contributed by atoms with E-state index in [1.54, 1.807) is 0 Å². The summed E-state index contributed by atoms with van der Waals surface area (Å²) in [5.74, 6) is 1.26. The number of aromatic nitrogens is 2. The van der Waals surface area contributed by atoms with E-state index in [-0.39, 0.29) is 11.8 Å². The van der Waals surface area contributed by atoms with E-state index in [2.05, 4.69) is 46.1 Å². The van der Waals surface area contributed by atoms with Crippen LogP contribution in [0.25, 0.3) is 0 Å². The minimum atomic E-state index is 0.0675. The first-order valence-corrected chi connectivity index (χ1v) is 7.55. The quantitative estimate of drug-likeness (QED) is 0.934. The summed E-state index contributed by atoms with van der Waals surface area (Å²) in [5.41, 5.74) is 2.53. The van der Waals surface area contributed by atoms with Gasteiger partial charge in [0.15, 0.2) is 0 Å². The van der Waals surface area contributed by atoms with Crippen molar-refractivity contribution in [2.24, 2.45) is 5.92 Å². The van der Waals surface area contributed by atoms with Crippen LogP contribution in [0.1, 0.15) is 23.4 Å². The minimum Gasteiger partial charge on any atom is -0.356 e. The van der Waals surface area contributed by atoms with Crippen molar-refractivity contribution in [1.29, 1.82) is 0 Å². The van der Waals surface area contributed by atoms with E-state index in [9.17, 15) is 4.79 Å². The molecular weight excluding hydrogens is 262 g/mol. The molecule has 1 aromatic carbocycles. The summed E-state index contributed by atoms with van der Waals surface area (Å²) < 4.78 is 2.14. The zero-order valence-corrected chi connectivity index (χ0v) is 12.4. The minimum absolute atomic E-state index is 0.0675. The van der Waals surface area contributed by atoms with E-state index >= 15 is 0 Å². The number of hydrogen-bond donors (Lipinski definition) is 1. The standard InChI is InChI=1S/C17H21N3O/c1-13-2-4-14(5-3-13)6-8-19-17(21)15-7-10-20-11-9-18-16(20)12-15/h2-5,9,11,15H,6-8,10,12H2,1H3,(H,19,21).